The first-order chi connectivity index (χ1) is 4.97. The topological polar surface area (TPSA) is 0 Å². The fourth-order valence-electron chi connectivity index (χ4n) is 3.72. The van der Waals surface area contributed by atoms with Gasteiger partial charge in [-0.15, -0.1) is 0 Å². The molecule has 0 bridgehead atoms. The van der Waals surface area contributed by atoms with Crippen LogP contribution in [-0.4, -0.2) is 7.28 Å². The second-order valence-electron chi connectivity index (χ2n) is 4.31. The van der Waals surface area contributed by atoms with Crippen molar-refractivity contribution in [1.82, 2.24) is 0 Å². The van der Waals surface area contributed by atoms with Crippen molar-refractivity contribution in [2.45, 2.75) is 37.8 Å². The van der Waals surface area contributed by atoms with Crippen LogP contribution in [0.25, 0.3) is 0 Å². The average Bonchev–Trinajstić information content (AvgIpc) is 2.42. The molecule has 0 aromatic heterocycles. The molecule has 3 rings (SSSR count). The normalized spacial score (nSPS) is 56.8. The van der Waals surface area contributed by atoms with Gasteiger partial charge in [-0.3, -0.25) is 0 Å². The predicted molar refractivity (Wildman–Crippen MR) is 43.2 cm³/mol. The Morgan fingerprint density at radius 3 is 2.70 bits per heavy atom. The molecule has 53 valence electrons. The van der Waals surface area contributed by atoms with Gasteiger partial charge in [-0.2, -0.15) is 0 Å². The molecular weight excluding hydrogens is 119 g/mol. The minimum Gasteiger partial charge on any atom is -0.0797 e. The molecule has 1 heteroatoms. The van der Waals surface area contributed by atoms with Gasteiger partial charge in [0, 0.05) is 0 Å². The van der Waals surface area contributed by atoms with Crippen molar-refractivity contribution in [3.05, 3.63) is 0 Å². The first-order valence-electron chi connectivity index (χ1n) is 4.80. The van der Waals surface area contributed by atoms with E-state index in [1.165, 1.54) is 25.1 Å². The lowest BCUT2D eigenvalue weighted by molar-refractivity contribution is 0.114. The zero-order valence-electron chi connectivity index (χ0n) is 6.42. The maximum Gasteiger partial charge on any atom is 0.114 e. The summed E-state index contributed by atoms with van der Waals surface area (Å²) in [5, 5.41) is 0. The summed E-state index contributed by atoms with van der Waals surface area (Å²) in [5.74, 6) is 4.59. The third-order valence-corrected chi connectivity index (χ3v) is 4.10. The molecule has 0 aromatic carbocycles. The summed E-state index contributed by atoms with van der Waals surface area (Å²) >= 11 is 0. The Balaban J connectivity index is 1.84. The highest BCUT2D eigenvalue weighted by Crippen LogP contribution is 2.63. The maximum absolute atomic E-state index is 2.61. The molecule has 1 aliphatic heterocycles. The third-order valence-electron chi connectivity index (χ3n) is 4.10. The van der Waals surface area contributed by atoms with Crippen LogP contribution in [0.2, 0.25) is 12.1 Å². The van der Waals surface area contributed by atoms with Gasteiger partial charge in [0.2, 0.25) is 0 Å². The Morgan fingerprint density at radius 2 is 1.70 bits per heavy atom. The standard InChI is InChI=1S/C9H14B/c1-2-6-7(3-1)9-8(6)4-5-10-9/h6-9H,1-5H2. The predicted octanol–water partition coefficient (Wildman–Crippen LogP) is 2.35. The van der Waals surface area contributed by atoms with E-state index in [9.17, 15) is 0 Å². The molecule has 0 spiro atoms. The fraction of sp³-hybridized carbons (Fsp3) is 1.00. The first-order valence-corrected chi connectivity index (χ1v) is 4.80. The van der Waals surface area contributed by atoms with Gasteiger partial charge in [0.25, 0.3) is 0 Å². The summed E-state index contributed by atoms with van der Waals surface area (Å²) in [7, 11) is 2.61. The fourth-order valence-corrected chi connectivity index (χ4v) is 3.72. The summed E-state index contributed by atoms with van der Waals surface area (Å²) in [6, 6.07) is 0. The van der Waals surface area contributed by atoms with Gasteiger partial charge in [-0.25, -0.2) is 0 Å². The summed E-state index contributed by atoms with van der Waals surface area (Å²) < 4.78 is 0. The molecule has 3 fully saturated rings. The van der Waals surface area contributed by atoms with Crippen LogP contribution in [0.4, 0.5) is 0 Å². The molecule has 1 heterocycles. The van der Waals surface area contributed by atoms with E-state index in [0.29, 0.717) is 0 Å². The zero-order chi connectivity index (χ0) is 6.55. The van der Waals surface area contributed by atoms with Crippen LogP contribution in [0, 0.1) is 17.8 Å². The third kappa shape index (κ3) is 0.511. The lowest BCUT2D eigenvalue weighted by Crippen LogP contribution is -2.37. The van der Waals surface area contributed by atoms with Crippen molar-refractivity contribution in [2.75, 3.05) is 0 Å². The minimum absolute atomic E-state index is 1.09. The van der Waals surface area contributed by atoms with Gasteiger partial charge in [0.05, 0.1) is 0 Å². The molecule has 0 nitrogen and oxygen atoms in total. The van der Waals surface area contributed by atoms with Crippen molar-refractivity contribution >= 4 is 7.28 Å². The van der Waals surface area contributed by atoms with Crippen LogP contribution in [0.15, 0.2) is 0 Å². The molecule has 4 atom stereocenters. The average molecular weight is 133 g/mol. The van der Waals surface area contributed by atoms with E-state index in [0.717, 1.165) is 17.7 Å². The highest BCUT2D eigenvalue weighted by Gasteiger charge is 2.53. The van der Waals surface area contributed by atoms with E-state index in [2.05, 4.69) is 7.28 Å². The molecule has 10 heavy (non-hydrogen) atoms. The van der Waals surface area contributed by atoms with E-state index in [1.807, 2.05) is 0 Å². The lowest BCUT2D eigenvalue weighted by Gasteiger charge is -2.45. The summed E-state index contributed by atoms with van der Waals surface area (Å²) in [6.45, 7) is 0. The van der Waals surface area contributed by atoms with Crippen LogP contribution in [0.1, 0.15) is 25.7 Å². The largest absolute Gasteiger partial charge is 0.114 e. The molecule has 0 amide bonds. The van der Waals surface area contributed by atoms with Crippen molar-refractivity contribution in [3.63, 3.8) is 0 Å². The van der Waals surface area contributed by atoms with Gasteiger partial charge in [-0.1, -0.05) is 31.4 Å². The van der Waals surface area contributed by atoms with Crippen molar-refractivity contribution in [3.8, 4) is 0 Å². The number of hydrogen-bond donors (Lipinski definition) is 0. The van der Waals surface area contributed by atoms with Crippen LogP contribution >= 0.6 is 0 Å². The van der Waals surface area contributed by atoms with Gasteiger partial charge < -0.3 is 0 Å². The van der Waals surface area contributed by atoms with Crippen molar-refractivity contribution < 1.29 is 0 Å². The Morgan fingerprint density at radius 1 is 0.900 bits per heavy atom. The van der Waals surface area contributed by atoms with Crippen LogP contribution < -0.4 is 0 Å². The smallest absolute Gasteiger partial charge is 0.0797 e. The SMILES string of the molecule is [B]1CCC2C1C1CCCC21. The maximum atomic E-state index is 2.61. The Hall–Kier alpha value is 0.0649. The number of hydrogen-bond acceptors (Lipinski definition) is 0. The van der Waals surface area contributed by atoms with Crippen molar-refractivity contribution in [2.24, 2.45) is 17.8 Å². The van der Waals surface area contributed by atoms with Gasteiger partial charge >= 0.3 is 0 Å². The Bertz CT molecular complexity index is 113. The minimum atomic E-state index is 1.09. The lowest BCUT2D eigenvalue weighted by atomic mass is 9.47. The molecule has 3 aliphatic rings. The van der Waals surface area contributed by atoms with Crippen LogP contribution in [-0.2, 0) is 0 Å². The Kier molecular flexibility index (Phi) is 1.03. The second-order valence-corrected chi connectivity index (χ2v) is 4.31. The molecule has 2 aliphatic carbocycles. The summed E-state index contributed by atoms with van der Waals surface area (Å²) in [4.78, 5) is 0. The first kappa shape index (κ1) is 5.68. The molecule has 0 aromatic rings. The van der Waals surface area contributed by atoms with Crippen molar-refractivity contribution in [1.29, 1.82) is 0 Å². The van der Waals surface area contributed by atoms with E-state index in [-0.39, 0.29) is 0 Å². The van der Waals surface area contributed by atoms with Gasteiger partial charge in [0.15, 0.2) is 0 Å². The zero-order valence-corrected chi connectivity index (χ0v) is 6.42. The van der Waals surface area contributed by atoms with E-state index in [4.69, 9.17) is 0 Å². The highest BCUT2D eigenvalue weighted by atomic mass is 14.5. The van der Waals surface area contributed by atoms with Crippen LogP contribution in [0.3, 0.4) is 0 Å². The monoisotopic (exact) mass is 133 g/mol. The molecule has 4 unspecified atom stereocenters. The number of fused-ring (bicyclic) bond motifs is 4. The van der Waals surface area contributed by atoms with E-state index in [1.54, 1.807) is 12.8 Å². The summed E-state index contributed by atoms with van der Waals surface area (Å²) in [5.41, 5.74) is 0. The van der Waals surface area contributed by atoms with Crippen LogP contribution in [0.5, 0.6) is 0 Å². The second kappa shape index (κ2) is 1.81. The Labute approximate surface area is 63.6 Å². The molecule has 0 N–H and O–H groups in total. The molecule has 1 radical (unpaired) electrons. The van der Waals surface area contributed by atoms with Gasteiger partial charge in [0.1, 0.15) is 7.28 Å². The molecular formula is C9H14B. The molecule has 2 saturated carbocycles. The highest BCUT2D eigenvalue weighted by molar-refractivity contribution is 6.39. The quantitative estimate of drug-likeness (QED) is 0.445. The summed E-state index contributed by atoms with van der Waals surface area (Å²) in [6.07, 6.45) is 7.63. The number of rotatable bonds is 0. The molecule has 1 saturated heterocycles. The van der Waals surface area contributed by atoms with E-state index >= 15 is 0 Å². The van der Waals surface area contributed by atoms with E-state index < -0.39 is 0 Å². The van der Waals surface area contributed by atoms with Gasteiger partial charge in [-0.05, 0) is 24.2 Å².